The van der Waals surface area contributed by atoms with Crippen LogP contribution >= 0.6 is 11.6 Å². The van der Waals surface area contributed by atoms with Crippen molar-refractivity contribution in [1.82, 2.24) is 20.5 Å². The SMILES string of the molecule is CC(CCC(=O)[C@H](O)[C@H](O)[C@@H](O[C@@H]1O[C@H](CO)[C@H](O)[C@H](O)[C@H]1O)[C@H](O)CO)C(=O)NC(CC(N)=O)C(=O)Nc1ccc(COC(=O)N(C)CCNC(=O)c2cc(Oc3ccc(NC(=O)Nc4ccc(Cl)c(C(F)(F)F)c4)cc3)ccn2)cc1. The van der Waals surface area contributed by atoms with Crippen LogP contribution in [0.2, 0.25) is 5.02 Å². The van der Waals surface area contributed by atoms with Crippen LogP contribution in [0.25, 0.3) is 0 Å². The number of aliphatic hydroxyl groups excluding tert-OH is 8. The first-order valence-corrected chi connectivity index (χ1v) is 25.5. The summed E-state index contributed by atoms with van der Waals surface area (Å²) in [7, 11) is 1.43. The number of benzene rings is 3. The number of alkyl halides is 3. The number of nitrogens with two attached hydrogens (primary N) is 1. The van der Waals surface area contributed by atoms with Gasteiger partial charge >= 0.3 is 18.3 Å². The third-order valence-corrected chi connectivity index (χ3v) is 12.8. The molecule has 27 nitrogen and oxygen atoms in total. The average Bonchev–Trinajstić information content (AvgIpc) is 3.66. The van der Waals surface area contributed by atoms with E-state index in [4.69, 9.17) is 36.3 Å². The molecule has 15 N–H and O–H groups in total. The summed E-state index contributed by atoms with van der Waals surface area (Å²) in [6.45, 7) is -0.822. The van der Waals surface area contributed by atoms with Gasteiger partial charge in [-0.05, 0) is 72.6 Å². The maximum Gasteiger partial charge on any atom is 0.417 e. The summed E-state index contributed by atoms with van der Waals surface area (Å²) in [5.41, 5.74) is 5.03. The molecule has 1 aliphatic rings. The molecule has 4 aromatic rings. The summed E-state index contributed by atoms with van der Waals surface area (Å²) in [5, 5.41) is 93.0. The number of ether oxygens (including phenoxy) is 4. The zero-order valence-electron chi connectivity index (χ0n) is 44.1. The zero-order valence-corrected chi connectivity index (χ0v) is 44.9. The molecule has 0 saturated carbocycles. The zero-order chi connectivity index (χ0) is 61.3. The van der Waals surface area contributed by atoms with Gasteiger partial charge in [0.25, 0.3) is 5.91 Å². The van der Waals surface area contributed by atoms with Gasteiger partial charge in [0.1, 0.15) is 78.7 Å². The molecule has 0 spiro atoms. The summed E-state index contributed by atoms with van der Waals surface area (Å²) in [5.74, 6) is -4.88. The Morgan fingerprint density at radius 2 is 1.47 bits per heavy atom. The number of halogens is 4. The molecule has 31 heteroatoms. The Kier molecular flexibility index (Phi) is 24.4. The summed E-state index contributed by atoms with van der Waals surface area (Å²) >= 11 is 5.64. The first-order chi connectivity index (χ1) is 39.2. The Hall–Kier alpha value is -7.62. The third kappa shape index (κ3) is 19.5. The highest BCUT2D eigenvalue weighted by Gasteiger charge is 2.47. The van der Waals surface area contributed by atoms with Crippen molar-refractivity contribution in [3.05, 3.63) is 107 Å². The highest BCUT2D eigenvalue weighted by atomic mass is 35.5. The minimum Gasteiger partial charge on any atom is -0.457 e. The molecule has 0 bridgehead atoms. The van der Waals surface area contributed by atoms with E-state index in [2.05, 4.69) is 31.6 Å². The van der Waals surface area contributed by atoms with Crippen molar-refractivity contribution in [2.75, 3.05) is 49.3 Å². The minimum atomic E-state index is -4.72. The van der Waals surface area contributed by atoms with Gasteiger partial charge in [-0.15, -0.1) is 0 Å². The number of hydrogen-bond donors (Lipinski definition) is 14. The van der Waals surface area contributed by atoms with E-state index in [-0.39, 0.29) is 54.6 Å². The van der Waals surface area contributed by atoms with Crippen LogP contribution in [-0.4, -0.2) is 187 Å². The number of rotatable bonds is 27. The van der Waals surface area contributed by atoms with E-state index in [9.17, 15) is 87.6 Å². The van der Waals surface area contributed by atoms with Crippen LogP contribution in [0.15, 0.2) is 85.1 Å². The number of primary amides is 1. The fraction of sp³-hybridized carbons (Fsp3) is 0.423. The molecule has 2 heterocycles. The Morgan fingerprint density at radius 3 is 2.11 bits per heavy atom. The molecule has 3 aromatic carbocycles. The van der Waals surface area contributed by atoms with Gasteiger partial charge in [0, 0.05) is 61.8 Å². The Bertz CT molecular complexity index is 2880. The number of carbonyl (C=O) groups is 7. The molecule has 1 aliphatic heterocycles. The van der Waals surface area contributed by atoms with Gasteiger partial charge in [-0.1, -0.05) is 30.7 Å². The second kappa shape index (κ2) is 30.6. The normalized spacial score (nSPS) is 19.1. The molecule has 11 atom stereocenters. The molecule has 1 aromatic heterocycles. The maximum absolute atomic E-state index is 13.3. The number of nitrogens with zero attached hydrogens (tertiary/aromatic N) is 2. The van der Waals surface area contributed by atoms with Crippen molar-refractivity contribution in [2.45, 2.75) is 100 Å². The topological polar surface area (TPSA) is 421 Å². The Balaban J connectivity index is 1.02. The Morgan fingerprint density at radius 1 is 0.831 bits per heavy atom. The van der Waals surface area contributed by atoms with Crippen molar-refractivity contribution in [3.8, 4) is 11.5 Å². The largest absolute Gasteiger partial charge is 0.457 e. The number of hydrogen-bond acceptors (Lipinski definition) is 20. The molecular formula is C52H62ClF3N8O19. The number of ketones is 1. The number of pyridine rings is 1. The van der Waals surface area contributed by atoms with Gasteiger partial charge in [0.2, 0.25) is 17.7 Å². The third-order valence-electron chi connectivity index (χ3n) is 12.5. The second-order valence-electron chi connectivity index (χ2n) is 18.8. The molecule has 452 valence electrons. The van der Waals surface area contributed by atoms with Crippen molar-refractivity contribution >= 4 is 70.2 Å². The van der Waals surface area contributed by atoms with Crippen molar-refractivity contribution in [1.29, 1.82) is 0 Å². The molecule has 83 heavy (non-hydrogen) atoms. The highest BCUT2D eigenvalue weighted by Crippen LogP contribution is 2.36. The predicted octanol–water partition coefficient (Wildman–Crippen LogP) is 0.733. The number of aliphatic hydroxyl groups is 8. The smallest absolute Gasteiger partial charge is 0.417 e. The molecule has 0 radical (unpaired) electrons. The lowest BCUT2D eigenvalue weighted by atomic mass is 9.94. The van der Waals surface area contributed by atoms with Gasteiger partial charge in [-0.25, -0.2) is 9.59 Å². The lowest BCUT2D eigenvalue weighted by Crippen LogP contribution is -2.61. The first kappa shape index (κ1) is 66.2. The lowest BCUT2D eigenvalue weighted by molar-refractivity contribution is -0.326. The summed E-state index contributed by atoms with van der Waals surface area (Å²) in [6.07, 6.45) is -23.5. The average molecular weight is 1200 g/mol. The Labute approximate surface area is 475 Å². The fourth-order valence-corrected chi connectivity index (χ4v) is 7.94. The monoisotopic (exact) mass is 1190 g/mol. The summed E-state index contributed by atoms with van der Waals surface area (Å²) in [4.78, 5) is 94.7. The van der Waals surface area contributed by atoms with Crippen molar-refractivity contribution in [3.63, 3.8) is 0 Å². The van der Waals surface area contributed by atoms with Crippen LogP contribution in [0.3, 0.4) is 0 Å². The number of nitrogens with one attached hydrogen (secondary N) is 5. The van der Waals surface area contributed by atoms with E-state index >= 15 is 0 Å². The number of aromatic nitrogens is 1. The van der Waals surface area contributed by atoms with Crippen LogP contribution in [0.5, 0.6) is 11.5 Å². The minimum absolute atomic E-state index is 0.0131. The standard InChI is InChI=1S/C52H62ClF3N8O19/c1-25(3-14-36(67)40(70)43(73)45(37(68)22-65)83-49-44(74)42(72)41(71)38(23-66)82-49)46(75)63-35(21-39(57)69)48(77)60-27-6-4-26(5-7-27)24-80-51(79)64(2)18-17-59-47(76)34-20-31(15-16-58-34)81-30-11-8-28(9-12-30)61-50(78)62-29-10-13-33(53)32(19-29)52(54,55)56/h4-13,15-16,19-20,25,35,37-38,40-45,49,65-66,68,70-74H,3,14,17-18,21-24H2,1-2H3,(H2,57,69)(H,59,76)(H,60,77)(H,63,75)(H2,61,62,78)/t25?,35?,37-,38-,40+,41+,42+,43+,44-,45+,49+/m1/s1. The number of Topliss-reactive ketones (excluding diaryl/α,β-unsaturated/α-hetero) is 1. The number of urea groups is 1. The molecular weight excluding hydrogens is 1130 g/mol. The number of carbonyl (C=O) groups excluding carboxylic acids is 7. The highest BCUT2D eigenvalue weighted by molar-refractivity contribution is 6.31. The van der Waals surface area contributed by atoms with Crippen LogP contribution in [0.4, 0.5) is 39.8 Å². The van der Waals surface area contributed by atoms with Crippen LogP contribution in [-0.2, 0) is 46.2 Å². The molecule has 1 fully saturated rings. The van der Waals surface area contributed by atoms with Crippen molar-refractivity contribution < 1.29 is 107 Å². The van der Waals surface area contributed by atoms with E-state index in [1.807, 2.05) is 0 Å². The predicted molar refractivity (Wildman–Crippen MR) is 283 cm³/mol. The van der Waals surface area contributed by atoms with Gasteiger partial charge < -0.3 is 97.0 Å². The van der Waals surface area contributed by atoms with Gasteiger partial charge in [-0.2, -0.15) is 13.2 Å². The van der Waals surface area contributed by atoms with Crippen LogP contribution < -0.4 is 37.1 Å². The van der Waals surface area contributed by atoms with Crippen LogP contribution in [0, 0.1) is 5.92 Å². The van der Waals surface area contributed by atoms with E-state index in [1.54, 1.807) is 0 Å². The van der Waals surface area contributed by atoms with E-state index in [0.29, 0.717) is 17.4 Å². The molecule has 2 unspecified atom stereocenters. The summed E-state index contributed by atoms with van der Waals surface area (Å²) < 4.78 is 61.3. The number of anilines is 3. The van der Waals surface area contributed by atoms with Crippen molar-refractivity contribution in [2.24, 2.45) is 11.7 Å². The first-order valence-electron chi connectivity index (χ1n) is 25.2. The lowest BCUT2D eigenvalue weighted by Gasteiger charge is -2.42. The second-order valence-corrected chi connectivity index (χ2v) is 19.2. The van der Waals surface area contributed by atoms with Gasteiger partial charge in [0.15, 0.2) is 12.1 Å². The van der Waals surface area contributed by atoms with E-state index in [0.717, 1.165) is 6.07 Å². The van der Waals surface area contributed by atoms with E-state index in [1.165, 1.54) is 91.8 Å². The van der Waals surface area contributed by atoms with Gasteiger partial charge in [0.05, 0.1) is 30.2 Å². The fourth-order valence-electron chi connectivity index (χ4n) is 7.71. The maximum atomic E-state index is 13.3. The quantitative estimate of drug-likeness (QED) is 0.0391. The molecule has 5 rings (SSSR count). The number of amides is 7. The summed E-state index contributed by atoms with van der Waals surface area (Å²) in [6, 6.07) is 15.3. The molecule has 7 amide bonds. The van der Waals surface area contributed by atoms with Gasteiger partial charge in [-0.3, -0.25) is 29.0 Å². The van der Waals surface area contributed by atoms with Crippen LogP contribution in [0.1, 0.15) is 47.8 Å². The molecule has 1 saturated heterocycles. The molecule has 0 aliphatic carbocycles. The van der Waals surface area contributed by atoms with E-state index < -0.39 is 151 Å². The number of likely N-dealkylation sites (N-methyl/N-ethyl adjacent to an activating group) is 1.